The zero-order chi connectivity index (χ0) is 16.1. The van der Waals surface area contributed by atoms with E-state index in [9.17, 15) is 15.6 Å². The molecule has 0 radical (unpaired) electrons. The lowest BCUT2D eigenvalue weighted by Crippen LogP contribution is -2.06. The second kappa shape index (κ2) is 6.60. The Kier molecular flexibility index (Phi) is 4.60. The first-order chi connectivity index (χ1) is 10.6. The van der Waals surface area contributed by atoms with Crippen molar-refractivity contribution in [2.45, 2.75) is 26.2 Å². The number of unbranched alkanes of at least 4 members (excludes halogenated alkanes) is 1. The summed E-state index contributed by atoms with van der Waals surface area (Å²) in [6, 6.07) is 10.6. The number of pyridine rings is 1. The normalized spacial score (nSPS) is 9.95. The minimum Gasteiger partial charge on any atom is -0.508 e. The van der Waals surface area contributed by atoms with Crippen molar-refractivity contribution in [1.82, 2.24) is 4.98 Å². The maximum Gasteiger partial charge on any atom is 0.142 e. The molecule has 22 heavy (non-hydrogen) atoms. The molecule has 0 atom stereocenters. The number of anilines is 1. The molecule has 1 aromatic heterocycles. The van der Waals surface area contributed by atoms with Gasteiger partial charge in [-0.2, -0.15) is 10.5 Å². The van der Waals surface area contributed by atoms with Crippen molar-refractivity contribution in [2.75, 3.05) is 5.73 Å². The van der Waals surface area contributed by atoms with Crippen LogP contribution in [0.15, 0.2) is 24.3 Å². The van der Waals surface area contributed by atoms with Gasteiger partial charge in [-0.1, -0.05) is 25.5 Å². The molecular formula is C17H16N4O. The molecule has 1 heterocycles. The van der Waals surface area contributed by atoms with Gasteiger partial charge in [-0.25, -0.2) is 4.98 Å². The number of benzene rings is 1. The van der Waals surface area contributed by atoms with Crippen LogP contribution in [0.25, 0.3) is 11.1 Å². The molecule has 0 spiro atoms. The van der Waals surface area contributed by atoms with Crippen LogP contribution >= 0.6 is 0 Å². The number of hydrogen-bond acceptors (Lipinski definition) is 5. The highest BCUT2D eigenvalue weighted by molar-refractivity contribution is 5.81. The van der Waals surface area contributed by atoms with Crippen LogP contribution in [-0.4, -0.2) is 10.1 Å². The number of rotatable bonds is 4. The van der Waals surface area contributed by atoms with E-state index in [2.05, 4.69) is 18.0 Å². The molecule has 0 saturated carbocycles. The number of hydrogen-bond donors (Lipinski definition) is 2. The van der Waals surface area contributed by atoms with E-state index >= 15 is 0 Å². The highest BCUT2D eigenvalue weighted by atomic mass is 16.3. The van der Waals surface area contributed by atoms with Gasteiger partial charge in [0.25, 0.3) is 0 Å². The van der Waals surface area contributed by atoms with Crippen LogP contribution in [0, 0.1) is 22.7 Å². The Morgan fingerprint density at radius 1 is 1.23 bits per heavy atom. The Morgan fingerprint density at radius 3 is 2.55 bits per heavy atom. The maximum atomic E-state index is 9.67. The third kappa shape index (κ3) is 2.84. The predicted molar refractivity (Wildman–Crippen MR) is 83.8 cm³/mol. The van der Waals surface area contributed by atoms with Crippen LogP contribution < -0.4 is 5.73 Å². The third-order valence-corrected chi connectivity index (χ3v) is 3.43. The Bertz CT molecular complexity index is 784. The molecule has 5 heteroatoms. The van der Waals surface area contributed by atoms with E-state index in [0.717, 1.165) is 12.8 Å². The number of aryl methyl sites for hydroxylation is 1. The van der Waals surface area contributed by atoms with Crippen molar-refractivity contribution in [3.63, 3.8) is 0 Å². The van der Waals surface area contributed by atoms with Crippen molar-refractivity contribution >= 4 is 5.82 Å². The fraction of sp³-hybridized carbons (Fsp3) is 0.235. The Labute approximate surface area is 129 Å². The summed E-state index contributed by atoms with van der Waals surface area (Å²) in [5.41, 5.74) is 8.04. The zero-order valence-electron chi connectivity index (χ0n) is 12.3. The van der Waals surface area contributed by atoms with E-state index in [-0.39, 0.29) is 17.1 Å². The molecule has 0 saturated heterocycles. The van der Waals surface area contributed by atoms with Gasteiger partial charge in [0.2, 0.25) is 0 Å². The lowest BCUT2D eigenvalue weighted by Gasteiger charge is -2.13. The van der Waals surface area contributed by atoms with Crippen molar-refractivity contribution in [2.24, 2.45) is 0 Å². The van der Waals surface area contributed by atoms with Crippen LogP contribution in [0.5, 0.6) is 5.75 Å². The number of phenols is 1. The number of nitrogen functional groups attached to an aromatic ring is 1. The van der Waals surface area contributed by atoms with Crippen LogP contribution in [0.2, 0.25) is 0 Å². The number of aromatic nitrogens is 1. The van der Waals surface area contributed by atoms with Gasteiger partial charge in [0, 0.05) is 5.56 Å². The summed E-state index contributed by atoms with van der Waals surface area (Å²) < 4.78 is 0. The summed E-state index contributed by atoms with van der Waals surface area (Å²) in [6.45, 7) is 2.05. The van der Waals surface area contributed by atoms with Gasteiger partial charge in [-0.3, -0.25) is 0 Å². The van der Waals surface area contributed by atoms with Crippen molar-refractivity contribution < 1.29 is 5.11 Å². The first kappa shape index (κ1) is 15.3. The van der Waals surface area contributed by atoms with Gasteiger partial charge < -0.3 is 10.8 Å². The number of phenolic OH excluding ortho intramolecular Hbond substituents is 1. The number of nitriles is 2. The van der Waals surface area contributed by atoms with E-state index in [1.165, 1.54) is 12.1 Å². The van der Waals surface area contributed by atoms with Crippen molar-refractivity contribution in [3.05, 3.63) is 41.1 Å². The Hall–Kier alpha value is -3.05. The highest BCUT2D eigenvalue weighted by Gasteiger charge is 2.19. The molecule has 0 aliphatic carbocycles. The fourth-order valence-corrected chi connectivity index (χ4v) is 2.36. The monoisotopic (exact) mass is 292 g/mol. The first-order valence-electron chi connectivity index (χ1n) is 7.04. The third-order valence-electron chi connectivity index (χ3n) is 3.43. The summed E-state index contributed by atoms with van der Waals surface area (Å²) in [5, 5.41) is 28.6. The van der Waals surface area contributed by atoms with Crippen molar-refractivity contribution in [3.8, 4) is 29.0 Å². The highest BCUT2D eigenvalue weighted by Crippen LogP contribution is 2.33. The summed E-state index contributed by atoms with van der Waals surface area (Å²) in [5.74, 6) is 0.182. The molecule has 0 unspecified atom stereocenters. The smallest absolute Gasteiger partial charge is 0.142 e. The zero-order valence-corrected chi connectivity index (χ0v) is 12.3. The van der Waals surface area contributed by atoms with Gasteiger partial charge in [0.05, 0.1) is 11.3 Å². The number of aromatic hydroxyl groups is 1. The molecule has 0 amide bonds. The molecule has 3 N–H and O–H groups in total. The SMILES string of the molecule is CCCCc1nc(N)c(C#N)c(-c2cccc(O)c2)c1C#N. The molecule has 110 valence electrons. The molecule has 5 nitrogen and oxygen atoms in total. The van der Waals surface area contributed by atoms with Gasteiger partial charge in [-0.15, -0.1) is 0 Å². The lowest BCUT2D eigenvalue weighted by molar-refractivity contribution is 0.475. The van der Waals surface area contributed by atoms with Gasteiger partial charge in [0.1, 0.15) is 29.3 Å². The summed E-state index contributed by atoms with van der Waals surface area (Å²) in [7, 11) is 0. The lowest BCUT2D eigenvalue weighted by atomic mass is 9.93. The molecule has 0 aliphatic rings. The maximum absolute atomic E-state index is 9.67. The van der Waals surface area contributed by atoms with Crippen molar-refractivity contribution in [1.29, 1.82) is 10.5 Å². The quantitative estimate of drug-likeness (QED) is 0.900. The summed E-state index contributed by atoms with van der Waals surface area (Å²) in [6.07, 6.45) is 2.47. The fourth-order valence-electron chi connectivity index (χ4n) is 2.36. The van der Waals surface area contributed by atoms with Crippen LogP contribution in [0.1, 0.15) is 36.6 Å². The van der Waals surface area contributed by atoms with E-state index < -0.39 is 0 Å². The minimum absolute atomic E-state index is 0.0655. The van der Waals surface area contributed by atoms with Crippen LogP contribution in [-0.2, 0) is 6.42 Å². The molecular weight excluding hydrogens is 276 g/mol. The largest absolute Gasteiger partial charge is 0.508 e. The van der Waals surface area contributed by atoms with Gasteiger partial charge >= 0.3 is 0 Å². The average Bonchev–Trinajstić information content (AvgIpc) is 2.52. The predicted octanol–water partition coefficient (Wildman–Crippen LogP) is 3.12. The standard InChI is InChI=1S/C17H16N4O/c1-2-3-7-15-13(9-18)16(14(10-19)17(20)21-15)11-5-4-6-12(22)8-11/h4-6,8,22H,2-3,7H2,1H3,(H2,20,21). The minimum atomic E-state index is 0.0655. The summed E-state index contributed by atoms with van der Waals surface area (Å²) in [4.78, 5) is 4.23. The van der Waals surface area contributed by atoms with Crippen LogP contribution in [0.3, 0.4) is 0 Å². The number of nitrogens with two attached hydrogens (primary N) is 1. The second-order valence-corrected chi connectivity index (χ2v) is 4.95. The molecule has 2 aromatic rings. The Morgan fingerprint density at radius 2 is 1.95 bits per heavy atom. The molecule has 0 fully saturated rings. The summed E-state index contributed by atoms with van der Waals surface area (Å²) >= 11 is 0. The first-order valence-corrected chi connectivity index (χ1v) is 7.04. The Balaban J connectivity index is 2.77. The van der Waals surface area contributed by atoms with Gasteiger partial charge in [-0.05, 0) is 30.5 Å². The molecule has 2 rings (SSSR count). The molecule has 0 aliphatic heterocycles. The second-order valence-electron chi connectivity index (χ2n) is 4.95. The molecule has 0 bridgehead atoms. The topological polar surface area (TPSA) is 107 Å². The molecule has 1 aromatic carbocycles. The van der Waals surface area contributed by atoms with E-state index in [1.807, 2.05) is 6.07 Å². The van der Waals surface area contributed by atoms with E-state index in [0.29, 0.717) is 28.8 Å². The van der Waals surface area contributed by atoms with E-state index in [1.54, 1.807) is 12.1 Å². The van der Waals surface area contributed by atoms with Gasteiger partial charge in [0.15, 0.2) is 0 Å². The van der Waals surface area contributed by atoms with E-state index in [4.69, 9.17) is 5.73 Å². The average molecular weight is 292 g/mol. The number of nitrogens with zero attached hydrogens (tertiary/aromatic N) is 3. The van der Waals surface area contributed by atoms with Crippen LogP contribution in [0.4, 0.5) is 5.82 Å².